The van der Waals surface area contributed by atoms with Crippen LogP contribution in [-0.4, -0.2) is 66.3 Å². The average molecular weight is 652 g/mol. The molecule has 0 saturated carbocycles. The van der Waals surface area contributed by atoms with Gasteiger partial charge in [-0.15, -0.1) is 0 Å². The van der Waals surface area contributed by atoms with Crippen molar-refractivity contribution in [3.63, 3.8) is 0 Å². The van der Waals surface area contributed by atoms with E-state index in [2.05, 4.69) is 21.3 Å². The van der Waals surface area contributed by atoms with Crippen LogP contribution >= 0.6 is 0 Å². The van der Waals surface area contributed by atoms with Gasteiger partial charge in [0, 0.05) is 20.0 Å². The minimum atomic E-state index is -1.16. The van der Waals surface area contributed by atoms with E-state index >= 15 is 0 Å². The Morgan fingerprint density at radius 3 is 2.64 bits per heavy atom. The van der Waals surface area contributed by atoms with Gasteiger partial charge in [-0.05, 0) is 101 Å². The monoisotopic (exact) mass is 651 g/mol. The maximum absolute atomic E-state index is 13.5. The number of aromatic nitrogens is 1. The standard InChI is InChI=1S/C35H49N5O7/c1-23-12-13-28(45-16-14-25-9-8-15-36-19-25)17-26(23)20-37-21-27(22-40-30-10-6-7-11-31(30)46-34(40)44)39-33(43)29(38-24(2)41)18-32(42)47-35(3,4)5/h6-7,10-13,17,25,27,29,36-37H,8-9,14-16,18-22H2,1-5H3,(H,38,41)(H,39,43)/t25?,27?,29-/m0/s1. The highest BCUT2D eigenvalue weighted by molar-refractivity contribution is 5.90. The number of nitrogens with zero attached hydrogens (tertiary/aromatic N) is 1. The second kappa shape index (κ2) is 16.6. The minimum absolute atomic E-state index is 0.0893. The van der Waals surface area contributed by atoms with E-state index < -0.39 is 41.2 Å². The lowest BCUT2D eigenvalue weighted by atomic mass is 9.97. The SMILES string of the molecule is CC(=O)N[C@@H](CC(=O)OC(C)(C)C)C(=O)NC(CNCc1cc(OCCC2CCCNC2)ccc1C)Cn1c(=O)oc2ccccc21. The number of para-hydroxylation sites is 2. The number of oxazole rings is 1. The highest BCUT2D eigenvalue weighted by atomic mass is 16.6. The molecule has 12 heteroatoms. The third kappa shape index (κ3) is 11.2. The predicted octanol–water partition coefficient (Wildman–Crippen LogP) is 3.18. The number of hydrogen-bond donors (Lipinski definition) is 4. The number of rotatable bonds is 15. The summed E-state index contributed by atoms with van der Waals surface area (Å²) in [6.07, 6.45) is 3.09. The molecule has 1 aliphatic heterocycles. The smallest absolute Gasteiger partial charge is 0.420 e. The minimum Gasteiger partial charge on any atom is -0.494 e. The number of aryl methyl sites for hydroxylation is 1. The quantitative estimate of drug-likeness (QED) is 0.182. The van der Waals surface area contributed by atoms with Crippen molar-refractivity contribution in [2.24, 2.45) is 5.92 Å². The van der Waals surface area contributed by atoms with E-state index in [1.807, 2.05) is 25.1 Å². The predicted molar refractivity (Wildman–Crippen MR) is 179 cm³/mol. The summed E-state index contributed by atoms with van der Waals surface area (Å²) in [7, 11) is 0. The topological polar surface area (TPSA) is 153 Å². The number of benzene rings is 2. The van der Waals surface area contributed by atoms with Gasteiger partial charge in [-0.1, -0.05) is 18.2 Å². The van der Waals surface area contributed by atoms with E-state index in [4.69, 9.17) is 13.9 Å². The van der Waals surface area contributed by atoms with Crippen LogP contribution in [0.3, 0.4) is 0 Å². The molecule has 4 N–H and O–H groups in total. The average Bonchev–Trinajstić information content (AvgIpc) is 3.32. The number of carbonyl (C=O) groups excluding carboxylic acids is 3. The molecule has 2 unspecified atom stereocenters. The third-order valence-corrected chi connectivity index (χ3v) is 8.03. The van der Waals surface area contributed by atoms with Crippen molar-refractivity contribution in [1.82, 2.24) is 25.8 Å². The summed E-state index contributed by atoms with van der Waals surface area (Å²) in [5, 5.41) is 12.4. The highest BCUT2D eigenvalue weighted by Gasteiger charge is 2.28. The van der Waals surface area contributed by atoms with E-state index in [-0.39, 0.29) is 19.5 Å². The van der Waals surface area contributed by atoms with Crippen LogP contribution in [0.15, 0.2) is 51.7 Å². The Labute approximate surface area is 275 Å². The molecule has 12 nitrogen and oxygen atoms in total. The molecule has 1 saturated heterocycles. The molecular formula is C35H49N5O7. The van der Waals surface area contributed by atoms with Crippen molar-refractivity contribution >= 4 is 28.9 Å². The largest absolute Gasteiger partial charge is 0.494 e. The Kier molecular flexibility index (Phi) is 12.6. The maximum Gasteiger partial charge on any atom is 0.420 e. The van der Waals surface area contributed by atoms with Crippen LogP contribution in [-0.2, 0) is 32.2 Å². The normalized spacial score (nSPS) is 16.3. The van der Waals surface area contributed by atoms with E-state index in [0.29, 0.717) is 30.2 Å². The maximum atomic E-state index is 13.5. The molecule has 2 aromatic carbocycles. The second-order valence-corrected chi connectivity index (χ2v) is 13.3. The Balaban J connectivity index is 1.45. The van der Waals surface area contributed by atoms with E-state index in [1.165, 1.54) is 24.3 Å². The molecule has 2 heterocycles. The lowest BCUT2D eigenvalue weighted by Gasteiger charge is -2.25. The summed E-state index contributed by atoms with van der Waals surface area (Å²) in [6, 6.07) is 11.3. The van der Waals surface area contributed by atoms with Crippen LogP contribution < -0.4 is 31.8 Å². The molecule has 3 aromatic rings. The van der Waals surface area contributed by atoms with Crippen molar-refractivity contribution in [2.75, 3.05) is 26.2 Å². The third-order valence-electron chi connectivity index (χ3n) is 8.03. The number of amides is 2. The molecular weight excluding hydrogens is 602 g/mol. The van der Waals surface area contributed by atoms with Gasteiger partial charge in [0.25, 0.3) is 0 Å². The van der Waals surface area contributed by atoms with Gasteiger partial charge < -0.3 is 35.2 Å². The molecule has 1 fully saturated rings. The molecule has 3 atom stereocenters. The highest BCUT2D eigenvalue weighted by Crippen LogP contribution is 2.20. The summed E-state index contributed by atoms with van der Waals surface area (Å²) >= 11 is 0. The number of carbonyl (C=O) groups is 3. The van der Waals surface area contributed by atoms with E-state index in [9.17, 15) is 19.2 Å². The van der Waals surface area contributed by atoms with Crippen molar-refractivity contribution in [3.05, 3.63) is 64.1 Å². The molecule has 256 valence electrons. The summed E-state index contributed by atoms with van der Waals surface area (Å²) in [4.78, 5) is 50.9. The summed E-state index contributed by atoms with van der Waals surface area (Å²) in [5.41, 5.74) is 2.40. The number of fused-ring (bicyclic) bond motifs is 1. The lowest BCUT2D eigenvalue weighted by Crippen LogP contribution is -2.53. The van der Waals surface area contributed by atoms with Crippen LogP contribution in [0.25, 0.3) is 11.1 Å². The number of esters is 1. The molecule has 1 aliphatic rings. The van der Waals surface area contributed by atoms with Crippen molar-refractivity contribution < 1.29 is 28.3 Å². The van der Waals surface area contributed by atoms with Gasteiger partial charge in [0.2, 0.25) is 11.8 Å². The zero-order chi connectivity index (χ0) is 34.0. The fraction of sp³-hybridized carbons (Fsp3) is 0.543. The van der Waals surface area contributed by atoms with Gasteiger partial charge in [-0.3, -0.25) is 19.0 Å². The van der Waals surface area contributed by atoms with Gasteiger partial charge in [0.1, 0.15) is 17.4 Å². The zero-order valence-corrected chi connectivity index (χ0v) is 28.1. The fourth-order valence-corrected chi connectivity index (χ4v) is 5.70. The number of piperidine rings is 1. The molecule has 0 bridgehead atoms. The van der Waals surface area contributed by atoms with E-state index in [0.717, 1.165) is 36.4 Å². The summed E-state index contributed by atoms with van der Waals surface area (Å²) < 4.78 is 18.4. The van der Waals surface area contributed by atoms with Crippen molar-refractivity contribution in [2.45, 2.75) is 91.1 Å². The first kappa shape index (κ1) is 35.7. The van der Waals surface area contributed by atoms with Crippen LogP contribution in [0.2, 0.25) is 0 Å². The van der Waals surface area contributed by atoms with Crippen LogP contribution in [0.5, 0.6) is 5.75 Å². The summed E-state index contributed by atoms with van der Waals surface area (Å²) in [5.74, 6) is -0.769. The first-order valence-electron chi connectivity index (χ1n) is 16.4. The van der Waals surface area contributed by atoms with Crippen LogP contribution in [0.1, 0.15) is 64.5 Å². The van der Waals surface area contributed by atoms with Crippen molar-refractivity contribution in [1.29, 1.82) is 0 Å². The molecule has 2 amide bonds. The number of ether oxygens (including phenoxy) is 2. The Morgan fingerprint density at radius 1 is 1.13 bits per heavy atom. The first-order valence-corrected chi connectivity index (χ1v) is 16.4. The molecule has 1 aromatic heterocycles. The fourth-order valence-electron chi connectivity index (χ4n) is 5.70. The van der Waals surface area contributed by atoms with Gasteiger partial charge in [0.15, 0.2) is 5.58 Å². The second-order valence-electron chi connectivity index (χ2n) is 13.3. The van der Waals surface area contributed by atoms with Crippen LogP contribution in [0.4, 0.5) is 0 Å². The zero-order valence-electron chi connectivity index (χ0n) is 28.1. The molecule has 4 rings (SSSR count). The van der Waals surface area contributed by atoms with E-state index in [1.54, 1.807) is 45.0 Å². The molecule has 0 spiro atoms. The Bertz CT molecular complexity index is 1570. The van der Waals surface area contributed by atoms with Gasteiger partial charge in [-0.25, -0.2) is 4.79 Å². The van der Waals surface area contributed by atoms with Gasteiger partial charge in [-0.2, -0.15) is 0 Å². The molecule has 0 radical (unpaired) electrons. The summed E-state index contributed by atoms with van der Waals surface area (Å²) in [6.45, 7) is 12.1. The lowest BCUT2D eigenvalue weighted by molar-refractivity contribution is -0.156. The van der Waals surface area contributed by atoms with Gasteiger partial charge in [0.05, 0.1) is 31.1 Å². The van der Waals surface area contributed by atoms with Crippen molar-refractivity contribution in [3.8, 4) is 5.75 Å². The Hall–Kier alpha value is -4.16. The first-order chi connectivity index (χ1) is 22.4. The molecule has 0 aliphatic carbocycles. The number of nitrogens with one attached hydrogen (secondary N) is 4. The van der Waals surface area contributed by atoms with Crippen LogP contribution in [0, 0.1) is 12.8 Å². The molecule has 47 heavy (non-hydrogen) atoms. The number of hydrogen-bond acceptors (Lipinski definition) is 9. The Morgan fingerprint density at radius 2 is 1.91 bits per heavy atom. The van der Waals surface area contributed by atoms with Gasteiger partial charge >= 0.3 is 11.7 Å².